The third-order valence-electron chi connectivity index (χ3n) is 8.60. The fourth-order valence-corrected chi connectivity index (χ4v) is 8.70. The minimum absolute atomic E-state index is 0.000888. The lowest BCUT2D eigenvalue weighted by molar-refractivity contribution is -0.136. The van der Waals surface area contributed by atoms with Crippen molar-refractivity contribution in [3.8, 4) is 0 Å². The van der Waals surface area contributed by atoms with Gasteiger partial charge in [-0.15, -0.1) is 0 Å². The molecule has 1 aromatic carbocycles. The summed E-state index contributed by atoms with van der Waals surface area (Å²) >= 11 is 0. The Morgan fingerprint density at radius 3 is 2.62 bits per heavy atom. The smallest absolute Gasteiger partial charge is 0.375 e. The van der Waals surface area contributed by atoms with Crippen LogP contribution in [0.15, 0.2) is 24.3 Å². The second-order valence-electron chi connectivity index (χ2n) is 10.6. The number of morpholine rings is 1. The van der Waals surface area contributed by atoms with E-state index in [4.69, 9.17) is 4.74 Å². The predicted molar refractivity (Wildman–Crippen MR) is 121 cm³/mol. The van der Waals surface area contributed by atoms with E-state index in [0.717, 1.165) is 44.5 Å². The molecule has 0 amide bonds. The minimum Gasteiger partial charge on any atom is -0.375 e. The van der Waals surface area contributed by atoms with Gasteiger partial charge in [0.1, 0.15) is 6.54 Å². The summed E-state index contributed by atoms with van der Waals surface area (Å²) in [6.45, 7) is 1.17. The lowest BCUT2D eigenvalue weighted by Crippen LogP contribution is -2.52. The quantitative estimate of drug-likeness (QED) is 0.695. The first kappa shape index (κ1) is 23.0. The van der Waals surface area contributed by atoms with E-state index in [2.05, 4.69) is 40.0 Å². The Morgan fingerprint density at radius 1 is 1.18 bits per heavy atom. The van der Waals surface area contributed by atoms with Crippen molar-refractivity contribution in [3.63, 3.8) is 0 Å². The monoisotopic (exact) mass is 497 g/mol. The van der Waals surface area contributed by atoms with Crippen LogP contribution in [0.1, 0.15) is 36.0 Å². The Hall–Kier alpha value is -1.46. The van der Waals surface area contributed by atoms with Crippen LogP contribution in [-0.2, 0) is 27.8 Å². The number of alkyl halides is 3. The number of nitrogens with zero attached hydrogens (tertiary/aromatic N) is 2. The highest BCUT2D eigenvalue weighted by Crippen LogP contribution is 2.50. The third kappa shape index (κ3) is 4.01. The van der Waals surface area contributed by atoms with E-state index in [1.807, 2.05) is 0 Å². The van der Waals surface area contributed by atoms with Gasteiger partial charge in [0.25, 0.3) is 10.2 Å². The largest absolute Gasteiger partial charge is 0.402 e. The van der Waals surface area contributed by atoms with Gasteiger partial charge in [-0.1, -0.05) is 30.4 Å². The van der Waals surface area contributed by atoms with Crippen molar-refractivity contribution < 1.29 is 26.3 Å². The number of hydrogen-bond acceptors (Lipinski definition) is 4. The number of fused-ring (bicyclic) bond motifs is 3. The molecule has 4 fully saturated rings. The standard InChI is InChI=1S/C24H30F3N3O3S/c25-24(26,27)15-30-14-23(28-34(30,31)32)19-5-6-20(23)10-18-8-16(3-4-17(18)9-19)2-1-7-29-12-22-11-21(29)13-33-22/h1-4,8,19-22,28H,5-7,9-15H2/b2-1+/t19-,20+,21-,22-,23-/m1/s1. The van der Waals surface area contributed by atoms with E-state index in [1.54, 1.807) is 0 Å². The molecular weight excluding hydrogens is 467 g/mol. The second kappa shape index (κ2) is 8.03. The van der Waals surface area contributed by atoms with Gasteiger partial charge in [-0.3, -0.25) is 4.90 Å². The van der Waals surface area contributed by atoms with Crippen LogP contribution in [0.5, 0.6) is 0 Å². The summed E-state index contributed by atoms with van der Waals surface area (Å²) in [7, 11) is -4.15. The number of benzene rings is 1. The molecule has 6 nitrogen and oxygen atoms in total. The molecule has 3 saturated heterocycles. The summed E-state index contributed by atoms with van der Waals surface area (Å²) < 4.78 is 73.4. The summed E-state index contributed by atoms with van der Waals surface area (Å²) in [5, 5.41) is 0. The summed E-state index contributed by atoms with van der Waals surface area (Å²) in [5.74, 6) is -0.00732. The maximum absolute atomic E-state index is 13.1. The fourth-order valence-electron chi connectivity index (χ4n) is 7.00. The van der Waals surface area contributed by atoms with Crippen LogP contribution in [0.25, 0.3) is 6.08 Å². The van der Waals surface area contributed by atoms with Crippen LogP contribution in [0.2, 0.25) is 0 Å². The van der Waals surface area contributed by atoms with Gasteiger partial charge in [-0.25, -0.2) is 0 Å². The Bertz CT molecular complexity index is 1110. The van der Waals surface area contributed by atoms with E-state index in [1.165, 1.54) is 11.1 Å². The Labute approximate surface area is 198 Å². The molecule has 2 aliphatic carbocycles. The molecule has 4 bridgehead atoms. The topological polar surface area (TPSA) is 61.9 Å². The molecule has 1 N–H and O–H groups in total. The normalized spacial score (nSPS) is 37.1. The van der Waals surface area contributed by atoms with Crippen molar-refractivity contribution in [2.24, 2.45) is 11.8 Å². The number of rotatable bonds is 4. The van der Waals surface area contributed by atoms with Gasteiger partial charge in [-0.05, 0) is 60.6 Å². The van der Waals surface area contributed by atoms with Gasteiger partial charge in [-0.2, -0.15) is 30.6 Å². The van der Waals surface area contributed by atoms with Crippen LogP contribution >= 0.6 is 0 Å². The van der Waals surface area contributed by atoms with Crippen molar-refractivity contribution in [1.29, 1.82) is 0 Å². The highest BCUT2D eigenvalue weighted by molar-refractivity contribution is 7.87. The van der Waals surface area contributed by atoms with Crippen molar-refractivity contribution in [2.75, 3.05) is 32.8 Å². The molecule has 5 aliphatic rings. The molecule has 0 aromatic heterocycles. The zero-order valence-corrected chi connectivity index (χ0v) is 19.7. The molecule has 34 heavy (non-hydrogen) atoms. The number of likely N-dealkylation sites (tertiary alicyclic amines) is 1. The van der Waals surface area contributed by atoms with Gasteiger partial charge in [0.2, 0.25) is 0 Å². The van der Waals surface area contributed by atoms with Gasteiger partial charge in [0.15, 0.2) is 0 Å². The number of halogens is 3. The minimum atomic E-state index is -4.56. The molecule has 186 valence electrons. The van der Waals surface area contributed by atoms with E-state index in [-0.39, 0.29) is 18.4 Å². The molecule has 1 aromatic rings. The van der Waals surface area contributed by atoms with Crippen molar-refractivity contribution in [1.82, 2.24) is 13.9 Å². The van der Waals surface area contributed by atoms with Gasteiger partial charge < -0.3 is 4.74 Å². The number of ether oxygens (including phenoxy) is 1. The Kier molecular flexibility index (Phi) is 5.42. The lowest BCUT2D eigenvalue weighted by atomic mass is 9.79. The van der Waals surface area contributed by atoms with Crippen LogP contribution in [0.4, 0.5) is 13.2 Å². The molecule has 5 atom stereocenters. The molecule has 6 rings (SSSR count). The van der Waals surface area contributed by atoms with E-state index >= 15 is 0 Å². The van der Waals surface area contributed by atoms with Crippen LogP contribution in [-0.4, -0.2) is 74.3 Å². The predicted octanol–water partition coefficient (Wildman–Crippen LogP) is 2.75. The first-order valence-corrected chi connectivity index (χ1v) is 13.6. The summed E-state index contributed by atoms with van der Waals surface area (Å²) in [6.07, 6.45) is 4.30. The lowest BCUT2D eigenvalue weighted by Gasteiger charge is -2.33. The third-order valence-corrected chi connectivity index (χ3v) is 10.2. The molecule has 3 heterocycles. The van der Waals surface area contributed by atoms with Gasteiger partial charge in [0.05, 0.1) is 18.2 Å². The molecule has 0 radical (unpaired) electrons. The first-order valence-electron chi connectivity index (χ1n) is 12.1. The van der Waals surface area contributed by atoms with Crippen LogP contribution < -0.4 is 4.72 Å². The molecule has 10 heteroatoms. The summed E-state index contributed by atoms with van der Waals surface area (Å²) in [5.41, 5.74) is 2.66. The SMILES string of the molecule is O=S1(=O)N[C@]2(CN1CC(F)(F)F)[C@@H]1CC[C@H]2Cc2cc(/C=C/CN3C[C@H]4C[C@@H]3CO4)ccc2C1. The molecule has 1 saturated carbocycles. The Morgan fingerprint density at radius 2 is 1.94 bits per heavy atom. The maximum atomic E-state index is 13.1. The number of hydrogen-bond donors (Lipinski definition) is 1. The molecule has 0 unspecified atom stereocenters. The van der Waals surface area contributed by atoms with E-state index in [9.17, 15) is 21.6 Å². The van der Waals surface area contributed by atoms with Crippen LogP contribution in [0.3, 0.4) is 0 Å². The zero-order valence-electron chi connectivity index (χ0n) is 18.9. The summed E-state index contributed by atoms with van der Waals surface area (Å²) in [6, 6.07) is 6.91. The van der Waals surface area contributed by atoms with E-state index < -0.39 is 28.5 Å². The zero-order chi connectivity index (χ0) is 23.7. The first-order chi connectivity index (χ1) is 16.1. The van der Waals surface area contributed by atoms with E-state index in [0.29, 0.717) is 29.3 Å². The second-order valence-corrected chi connectivity index (χ2v) is 12.3. The maximum Gasteiger partial charge on any atom is 0.402 e. The molecule has 1 spiro atoms. The Balaban J connectivity index is 1.19. The summed E-state index contributed by atoms with van der Waals surface area (Å²) in [4.78, 5) is 2.45. The van der Waals surface area contributed by atoms with Gasteiger partial charge in [0, 0.05) is 25.7 Å². The fraction of sp³-hybridized carbons (Fsp3) is 0.667. The number of nitrogens with one attached hydrogen (secondary N) is 1. The van der Waals surface area contributed by atoms with Gasteiger partial charge >= 0.3 is 6.18 Å². The van der Waals surface area contributed by atoms with Crippen molar-refractivity contribution in [3.05, 3.63) is 41.0 Å². The van der Waals surface area contributed by atoms with Crippen molar-refractivity contribution in [2.45, 2.75) is 56.0 Å². The average Bonchev–Trinajstić information content (AvgIpc) is 3.46. The highest BCUT2D eigenvalue weighted by Gasteiger charge is 2.60. The van der Waals surface area contributed by atoms with Crippen molar-refractivity contribution >= 4 is 16.3 Å². The average molecular weight is 498 g/mol. The molecular formula is C24H30F3N3O3S. The highest BCUT2D eigenvalue weighted by atomic mass is 32.2. The van der Waals surface area contributed by atoms with Crippen LogP contribution in [0, 0.1) is 11.8 Å². The molecule has 3 aliphatic heterocycles.